The number of nitrogen functional groups attached to an aromatic ring is 1. The molecular formula is C14H8Cl2FN3O. The van der Waals surface area contributed by atoms with E-state index in [1.54, 1.807) is 6.07 Å². The van der Waals surface area contributed by atoms with Gasteiger partial charge in [-0.25, -0.2) is 4.39 Å². The van der Waals surface area contributed by atoms with Crippen molar-refractivity contribution in [3.05, 3.63) is 57.3 Å². The fourth-order valence-corrected chi connectivity index (χ4v) is 1.99. The van der Waals surface area contributed by atoms with Crippen molar-refractivity contribution in [3.8, 4) is 6.07 Å². The van der Waals surface area contributed by atoms with Crippen LogP contribution in [0.3, 0.4) is 0 Å². The summed E-state index contributed by atoms with van der Waals surface area (Å²) in [6.45, 7) is 0. The number of nitrogens with zero attached hydrogens (tertiary/aromatic N) is 1. The number of carbonyl (C=O) groups is 1. The molecular weight excluding hydrogens is 316 g/mol. The standard InChI is InChI=1S/C14H8Cl2FN3O/c15-10-4-7(5-11(19)13(10)16)14(21)20-12-2-1-9(17)3-8(12)6-18/h1-5H,19H2,(H,20,21). The van der Waals surface area contributed by atoms with Crippen LogP contribution >= 0.6 is 23.2 Å². The first kappa shape index (κ1) is 15.1. The van der Waals surface area contributed by atoms with Crippen LogP contribution < -0.4 is 11.1 Å². The Balaban J connectivity index is 2.33. The molecule has 0 unspecified atom stereocenters. The number of hydrogen-bond acceptors (Lipinski definition) is 3. The Bertz CT molecular complexity index is 748. The van der Waals surface area contributed by atoms with Gasteiger partial charge in [-0.1, -0.05) is 23.2 Å². The molecule has 0 spiro atoms. The van der Waals surface area contributed by atoms with E-state index in [2.05, 4.69) is 5.32 Å². The van der Waals surface area contributed by atoms with E-state index in [1.165, 1.54) is 18.2 Å². The van der Waals surface area contributed by atoms with Gasteiger partial charge in [0.15, 0.2) is 0 Å². The van der Waals surface area contributed by atoms with Crippen LogP contribution in [0.1, 0.15) is 15.9 Å². The van der Waals surface area contributed by atoms with Gasteiger partial charge in [0, 0.05) is 5.56 Å². The average Bonchev–Trinajstić information content (AvgIpc) is 2.45. The highest BCUT2D eigenvalue weighted by Gasteiger charge is 2.13. The number of rotatable bonds is 2. The molecule has 7 heteroatoms. The number of benzene rings is 2. The molecule has 4 nitrogen and oxygen atoms in total. The smallest absolute Gasteiger partial charge is 0.255 e. The summed E-state index contributed by atoms with van der Waals surface area (Å²) in [6.07, 6.45) is 0. The normalized spacial score (nSPS) is 10.0. The van der Waals surface area contributed by atoms with Gasteiger partial charge in [-0.3, -0.25) is 4.79 Å². The van der Waals surface area contributed by atoms with Gasteiger partial charge in [0.2, 0.25) is 0 Å². The second-order valence-corrected chi connectivity index (χ2v) is 4.90. The topological polar surface area (TPSA) is 78.9 Å². The van der Waals surface area contributed by atoms with Gasteiger partial charge < -0.3 is 11.1 Å². The molecule has 0 aromatic heterocycles. The molecule has 0 radical (unpaired) electrons. The van der Waals surface area contributed by atoms with Crippen LogP contribution in [0.15, 0.2) is 30.3 Å². The summed E-state index contributed by atoms with van der Waals surface area (Å²) >= 11 is 11.7. The molecule has 2 rings (SSSR count). The molecule has 0 atom stereocenters. The summed E-state index contributed by atoms with van der Waals surface area (Å²) in [5, 5.41) is 11.7. The van der Waals surface area contributed by atoms with Crippen LogP contribution in [0.2, 0.25) is 10.0 Å². The highest BCUT2D eigenvalue weighted by atomic mass is 35.5. The van der Waals surface area contributed by atoms with E-state index in [1.807, 2.05) is 0 Å². The van der Waals surface area contributed by atoms with E-state index in [9.17, 15) is 9.18 Å². The van der Waals surface area contributed by atoms with Crippen LogP contribution in [0.5, 0.6) is 0 Å². The van der Waals surface area contributed by atoms with E-state index >= 15 is 0 Å². The number of halogens is 3. The Morgan fingerprint density at radius 3 is 2.62 bits per heavy atom. The van der Waals surface area contributed by atoms with Crippen molar-refractivity contribution in [1.29, 1.82) is 5.26 Å². The molecule has 0 saturated carbocycles. The van der Waals surface area contributed by atoms with E-state index < -0.39 is 11.7 Å². The molecule has 0 fully saturated rings. The zero-order valence-electron chi connectivity index (χ0n) is 10.5. The molecule has 0 aliphatic rings. The van der Waals surface area contributed by atoms with Crippen molar-refractivity contribution in [2.24, 2.45) is 0 Å². The van der Waals surface area contributed by atoms with Crippen molar-refractivity contribution in [1.82, 2.24) is 0 Å². The first-order valence-electron chi connectivity index (χ1n) is 5.68. The lowest BCUT2D eigenvalue weighted by Gasteiger charge is -2.09. The van der Waals surface area contributed by atoms with Crippen LogP contribution in [0, 0.1) is 17.1 Å². The highest BCUT2D eigenvalue weighted by molar-refractivity contribution is 6.44. The summed E-state index contributed by atoms with van der Waals surface area (Å²) in [5.41, 5.74) is 6.17. The monoisotopic (exact) mass is 323 g/mol. The zero-order valence-corrected chi connectivity index (χ0v) is 12.0. The number of hydrogen-bond donors (Lipinski definition) is 2. The van der Waals surface area contributed by atoms with Crippen LogP contribution in [0.25, 0.3) is 0 Å². The lowest BCUT2D eigenvalue weighted by Crippen LogP contribution is -2.13. The second kappa shape index (κ2) is 6.00. The Hall–Kier alpha value is -2.29. The maximum absolute atomic E-state index is 13.0. The zero-order chi connectivity index (χ0) is 15.6. The molecule has 0 aliphatic heterocycles. The summed E-state index contributed by atoms with van der Waals surface area (Å²) < 4.78 is 13.0. The summed E-state index contributed by atoms with van der Waals surface area (Å²) in [4.78, 5) is 12.1. The molecule has 3 N–H and O–H groups in total. The van der Waals surface area contributed by atoms with Gasteiger partial charge >= 0.3 is 0 Å². The molecule has 0 bridgehead atoms. The Morgan fingerprint density at radius 2 is 2.00 bits per heavy atom. The van der Waals surface area contributed by atoms with Gasteiger partial charge in [0.25, 0.3) is 5.91 Å². The van der Waals surface area contributed by atoms with E-state index in [-0.39, 0.29) is 32.5 Å². The van der Waals surface area contributed by atoms with Crippen molar-refractivity contribution < 1.29 is 9.18 Å². The minimum atomic E-state index is -0.566. The van der Waals surface area contributed by atoms with Crippen molar-refractivity contribution in [2.75, 3.05) is 11.1 Å². The molecule has 1 amide bonds. The molecule has 2 aromatic carbocycles. The average molecular weight is 324 g/mol. The molecule has 106 valence electrons. The van der Waals surface area contributed by atoms with Crippen LogP contribution in [0.4, 0.5) is 15.8 Å². The number of nitriles is 1. The van der Waals surface area contributed by atoms with E-state index in [0.29, 0.717) is 0 Å². The molecule has 0 aliphatic carbocycles. The minimum absolute atomic E-state index is 0.0105. The Morgan fingerprint density at radius 1 is 1.29 bits per heavy atom. The maximum Gasteiger partial charge on any atom is 0.255 e. The number of nitrogens with one attached hydrogen (secondary N) is 1. The SMILES string of the molecule is N#Cc1cc(F)ccc1NC(=O)c1cc(N)c(Cl)c(Cl)c1. The third kappa shape index (κ3) is 3.24. The van der Waals surface area contributed by atoms with Crippen molar-refractivity contribution in [3.63, 3.8) is 0 Å². The fraction of sp³-hybridized carbons (Fsp3) is 0. The maximum atomic E-state index is 13.0. The van der Waals surface area contributed by atoms with Gasteiger partial charge in [0.1, 0.15) is 11.9 Å². The van der Waals surface area contributed by atoms with Gasteiger partial charge in [0.05, 0.1) is 27.0 Å². The van der Waals surface area contributed by atoms with Gasteiger partial charge in [-0.05, 0) is 30.3 Å². The largest absolute Gasteiger partial charge is 0.397 e. The second-order valence-electron chi connectivity index (χ2n) is 4.12. The number of nitrogens with two attached hydrogens (primary N) is 1. The quantitative estimate of drug-likeness (QED) is 0.824. The molecule has 2 aromatic rings. The minimum Gasteiger partial charge on any atom is -0.397 e. The molecule has 21 heavy (non-hydrogen) atoms. The van der Waals surface area contributed by atoms with Gasteiger partial charge in [-0.2, -0.15) is 5.26 Å². The van der Waals surface area contributed by atoms with Crippen LogP contribution in [-0.4, -0.2) is 5.91 Å². The third-order valence-corrected chi connectivity index (χ3v) is 3.49. The fourth-order valence-electron chi connectivity index (χ4n) is 1.65. The third-order valence-electron chi connectivity index (χ3n) is 2.67. The summed E-state index contributed by atoms with van der Waals surface area (Å²) in [6, 6.07) is 7.97. The molecule has 0 saturated heterocycles. The van der Waals surface area contributed by atoms with E-state index in [0.717, 1.165) is 12.1 Å². The Labute approximate surface area is 129 Å². The lowest BCUT2D eigenvalue weighted by atomic mass is 10.1. The lowest BCUT2D eigenvalue weighted by molar-refractivity contribution is 0.102. The van der Waals surface area contributed by atoms with Crippen molar-refractivity contribution in [2.45, 2.75) is 0 Å². The Kier molecular flexibility index (Phi) is 4.32. The predicted octanol–water partition coefficient (Wildman–Crippen LogP) is 3.84. The number of anilines is 2. The number of carbonyl (C=O) groups excluding carboxylic acids is 1. The number of amides is 1. The first-order chi connectivity index (χ1) is 9.92. The first-order valence-corrected chi connectivity index (χ1v) is 6.43. The summed E-state index contributed by atoms with van der Waals surface area (Å²) in [7, 11) is 0. The van der Waals surface area contributed by atoms with E-state index in [4.69, 9.17) is 34.2 Å². The predicted molar refractivity (Wildman–Crippen MR) is 79.9 cm³/mol. The van der Waals surface area contributed by atoms with Crippen molar-refractivity contribution >= 4 is 40.5 Å². The van der Waals surface area contributed by atoms with Crippen LogP contribution in [-0.2, 0) is 0 Å². The van der Waals surface area contributed by atoms with Gasteiger partial charge in [-0.15, -0.1) is 0 Å². The highest BCUT2D eigenvalue weighted by Crippen LogP contribution is 2.29. The molecule has 0 heterocycles. The summed E-state index contributed by atoms with van der Waals surface area (Å²) in [5.74, 6) is -1.10.